The maximum absolute atomic E-state index is 5.18. The highest BCUT2D eigenvalue weighted by Crippen LogP contribution is 1.94. The minimum atomic E-state index is 0.792. The third kappa shape index (κ3) is 3.39. The summed E-state index contributed by atoms with van der Waals surface area (Å²) in [7, 11) is 0. The van der Waals surface area contributed by atoms with Crippen molar-refractivity contribution < 1.29 is 4.74 Å². The first-order chi connectivity index (χ1) is 5.93. The molecule has 1 aromatic heterocycles. The van der Waals surface area contributed by atoms with Crippen molar-refractivity contribution in [2.75, 3.05) is 25.1 Å². The molecular formula is C8H15N3O. The number of aromatic amines is 1. The molecule has 0 unspecified atom stereocenters. The molecule has 68 valence electrons. The van der Waals surface area contributed by atoms with Crippen LogP contribution >= 0.6 is 0 Å². The van der Waals surface area contributed by atoms with Crippen molar-refractivity contribution in [3.63, 3.8) is 0 Å². The summed E-state index contributed by atoms with van der Waals surface area (Å²) in [5.41, 5.74) is 0. The van der Waals surface area contributed by atoms with Crippen LogP contribution in [0.5, 0.6) is 0 Å². The van der Waals surface area contributed by atoms with Gasteiger partial charge in [-0.1, -0.05) is 0 Å². The van der Waals surface area contributed by atoms with Crippen molar-refractivity contribution in [3.05, 3.63) is 12.4 Å². The van der Waals surface area contributed by atoms with Gasteiger partial charge in [-0.25, -0.2) is 4.98 Å². The van der Waals surface area contributed by atoms with E-state index < -0.39 is 0 Å². The summed E-state index contributed by atoms with van der Waals surface area (Å²) in [6.45, 7) is 4.50. The predicted octanol–water partition coefficient (Wildman–Crippen LogP) is 1.25. The van der Waals surface area contributed by atoms with Gasteiger partial charge in [0.2, 0.25) is 0 Å². The van der Waals surface area contributed by atoms with Gasteiger partial charge < -0.3 is 15.0 Å². The Morgan fingerprint density at radius 3 is 3.25 bits per heavy atom. The molecule has 2 N–H and O–H groups in total. The summed E-state index contributed by atoms with van der Waals surface area (Å²) in [6.07, 6.45) is 4.53. The van der Waals surface area contributed by atoms with Crippen molar-refractivity contribution in [1.82, 2.24) is 9.97 Å². The molecular weight excluding hydrogens is 154 g/mol. The van der Waals surface area contributed by atoms with E-state index >= 15 is 0 Å². The summed E-state index contributed by atoms with van der Waals surface area (Å²) in [4.78, 5) is 6.99. The number of hydrogen-bond donors (Lipinski definition) is 2. The van der Waals surface area contributed by atoms with E-state index in [0.29, 0.717) is 0 Å². The van der Waals surface area contributed by atoms with Crippen molar-refractivity contribution in [3.8, 4) is 0 Å². The third-order valence-electron chi connectivity index (χ3n) is 1.46. The molecule has 0 bridgehead atoms. The Hall–Kier alpha value is -1.03. The Kier molecular flexibility index (Phi) is 4.23. The van der Waals surface area contributed by atoms with E-state index in [9.17, 15) is 0 Å². The van der Waals surface area contributed by atoms with Crippen LogP contribution in [-0.2, 0) is 4.74 Å². The number of ether oxygens (including phenoxy) is 1. The summed E-state index contributed by atoms with van der Waals surface area (Å²) < 4.78 is 5.18. The van der Waals surface area contributed by atoms with Crippen molar-refractivity contribution in [1.29, 1.82) is 0 Å². The van der Waals surface area contributed by atoms with Crippen LogP contribution in [0.3, 0.4) is 0 Å². The standard InChI is InChI=1S/C8H15N3O/c1-2-12-7-3-4-9-8-10-5-6-11-8/h5-6H,2-4,7H2,1H3,(H2,9,10,11). The Balaban J connectivity index is 1.96. The Bertz CT molecular complexity index is 186. The number of imidazole rings is 1. The Morgan fingerprint density at radius 2 is 2.58 bits per heavy atom. The molecule has 0 atom stereocenters. The second kappa shape index (κ2) is 5.60. The summed E-state index contributed by atoms with van der Waals surface area (Å²) in [6, 6.07) is 0. The molecule has 4 nitrogen and oxygen atoms in total. The quantitative estimate of drug-likeness (QED) is 0.630. The highest BCUT2D eigenvalue weighted by molar-refractivity contribution is 5.22. The lowest BCUT2D eigenvalue weighted by Crippen LogP contribution is -2.06. The molecule has 0 amide bonds. The molecule has 0 aliphatic carbocycles. The lowest BCUT2D eigenvalue weighted by Gasteiger charge is -2.02. The van der Waals surface area contributed by atoms with E-state index in [-0.39, 0.29) is 0 Å². The van der Waals surface area contributed by atoms with Gasteiger partial charge in [-0.05, 0) is 13.3 Å². The molecule has 0 aliphatic heterocycles. The second-order valence-corrected chi connectivity index (χ2v) is 2.42. The van der Waals surface area contributed by atoms with Crippen LogP contribution in [0.1, 0.15) is 13.3 Å². The average Bonchev–Trinajstić information content (AvgIpc) is 2.57. The lowest BCUT2D eigenvalue weighted by atomic mass is 10.4. The minimum absolute atomic E-state index is 0.792. The van der Waals surface area contributed by atoms with E-state index in [1.54, 1.807) is 12.4 Å². The van der Waals surface area contributed by atoms with Crippen molar-refractivity contribution in [2.45, 2.75) is 13.3 Å². The van der Waals surface area contributed by atoms with Crippen LogP contribution in [0, 0.1) is 0 Å². The first-order valence-corrected chi connectivity index (χ1v) is 4.24. The number of aromatic nitrogens is 2. The van der Waals surface area contributed by atoms with Crippen molar-refractivity contribution in [2.24, 2.45) is 0 Å². The normalized spacial score (nSPS) is 10.1. The maximum Gasteiger partial charge on any atom is 0.200 e. The van der Waals surface area contributed by atoms with Crippen molar-refractivity contribution >= 4 is 5.95 Å². The van der Waals surface area contributed by atoms with Gasteiger partial charge in [0, 0.05) is 32.2 Å². The number of hydrogen-bond acceptors (Lipinski definition) is 3. The van der Waals surface area contributed by atoms with Gasteiger partial charge >= 0.3 is 0 Å². The zero-order chi connectivity index (χ0) is 8.65. The molecule has 0 spiro atoms. The number of anilines is 1. The lowest BCUT2D eigenvalue weighted by molar-refractivity contribution is 0.147. The van der Waals surface area contributed by atoms with E-state index in [2.05, 4.69) is 15.3 Å². The number of rotatable bonds is 6. The smallest absolute Gasteiger partial charge is 0.200 e. The second-order valence-electron chi connectivity index (χ2n) is 2.42. The fourth-order valence-electron chi connectivity index (χ4n) is 0.887. The maximum atomic E-state index is 5.18. The van der Waals surface area contributed by atoms with Crippen LogP contribution in [-0.4, -0.2) is 29.7 Å². The van der Waals surface area contributed by atoms with Crippen LogP contribution in [0.15, 0.2) is 12.4 Å². The fraction of sp³-hybridized carbons (Fsp3) is 0.625. The molecule has 4 heteroatoms. The van der Waals surface area contributed by atoms with E-state index in [1.165, 1.54) is 0 Å². The SMILES string of the molecule is CCOCCCNc1ncc[nH]1. The van der Waals surface area contributed by atoms with Gasteiger partial charge in [0.1, 0.15) is 0 Å². The molecule has 12 heavy (non-hydrogen) atoms. The molecule has 1 heterocycles. The zero-order valence-corrected chi connectivity index (χ0v) is 7.34. The van der Waals surface area contributed by atoms with Gasteiger partial charge in [0.25, 0.3) is 0 Å². The molecule has 1 aromatic rings. The first kappa shape index (κ1) is 9.06. The molecule has 0 fully saturated rings. The zero-order valence-electron chi connectivity index (χ0n) is 7.34. The highest BCUT2D eigenvalue weighted by atomic mass is 16.5. The molecule has 1 rings (SSSR count). The van der Waals surface area contributed by atoms with Crippen LogP contribution in [0.4, 0.5) is 5.95 Å². The number of H-pyrrole nitrogens is 1. The molecule has 0 aromatic carbocycles. The van der Waals surface area contributed by atoms with Crippen LogP contribution < -0.4 is 5.32 Å². The first-order valence-electron chi connectivity index (χ1n) is 4.24. The minimum Gasteiger partial charge on any atom is -0.382 e. The van der Waals surface area contributed by atoms with E-state index in [1.807, 2.05) is 6.92 Å². The molecule has 0 saturated heterocycles. The van der Waals surface area contributed by atoms with E-state index in [4.69, 9.17) is 4.74 Å². The number of nitrogens with zero attached hydrogens (tertiary/aromatic N) is 1. The Labute approximate surface area is 72.3 Å². The van der Waals surface area contributed by atoms with Crippen LogP contribution in [0.25, 0.3) is 0 Å². The monoisotopic (exact) mass is 169 g/mol. The number of nitrogens with one attached hydrogen (secondary N) is 2. The van der Waals surface area contributed by atoms with E-state index in [0.717, 1.165) is 32.1 Å². The predicted molar refractivity (Wildman–Crippen MR) is 48.2 cm³/mol. The van der Waals surface area contributed by atoms with Gasteiger partial charge in [-0.3, -0.25) is 0 Å². The van der Waals surface area contributed by atoms with Crippen LogP contribution in [0.2, 0.25) is 0 Å². The molecule has 0 aliphatic rings. The summed E-state index contributed by atoms with van der Waals surface area (Å²) in [5, 5.41) is 3.14. The Morgan fingerprint density at radius 1 is 1.67 bits per heavy atom. The van der Waals surface area contributed by atoms with Gasteiger partial charge in [-0.15, -0.1) is 0 Å². The highest BCUT2D eigenvalue weighted by Gasteiger charge is 1.91. The summed E-state index contributed by atoms with van der Waals surface area (Å²) >= 11 is 0. The third-order valence-corrected chi connectivity index (χ3v) is 1.46. The molecule has 0 radical (unpaired) electrons. The fourth-order valence-corrected chi connectivity index (χ4v) is 0.887. The van der Waals surface area contributed by atoms with Gasteiger partial charge in [-0.2, -0.15) is 0 Å². The topological polar surface area (TPSA) is 49.9 Å². The largest absolute Gasteiger partial charge is 0.382 e. The average molecular weight is 169 g/mol. The van der Waals surface area contributed by atoms with Gasteiger partial charge in [0.05, 0.1) is 0 Å². The molecule has 0 saturated carbocycles. The van der Waals surface area contributed by atoms with Gasteiger partial charge in [0.15, 0.2) is 5.95 Å². The summed E-state index contributed by atoms with van der Waals surface area (Å²) in [5.74, 6) is 0.825.